The Labute approximate surface area is 203 Å². The fourth-order valence-electron chi connectivity index (χ4n) is 4.29. The Bertz CT molecular complexity index is 986. The molecule has 1 saturated heterocycles. The maximum Gasteiger partial charge on any atom is 0.345 e. The number of guanidine groups is 1. The normalized spacial score (nSPS) is 18.3. The minimum absolute atomic E-state index is 0. The van der Waals surface area contributed by atoms with Gasteiger partial charge in [0.2, 0.25) is 0 Å². The van der Waals surface area contributed by atoms with Gasteiger partial charge in [-0.15, -0.1) is 24.0 Å². The molecule has 1 unspecified atom stereocenters. The van der Waals surface area contributed by atoms with E-state index in [2.05, 4.69) is 20.7 Å². The molecule has 1 aromatic heterocycles. The highest BCUT2D eigenvalue weighted by Crippen LogP contribution is 2.26. The zero-order valence-corrected chi connectivity index (χ0v) is 20.5. The summed E-state index contributed by atoms with van der Waals surface area (Å²) in [7, 11) is 1.69. The summed E-state index contributed by atoms with van der Waals surface area (Å²) >= 11 is 0. The topological polar surface area (TPSA) is 79.5 Å². The Morgan fingerprint density at radius 1 is 1.25 bits per heavy atom. The van der Waals surface area contributed by atoms with Crippen molar-refractivity contribution >= 4 is 35.6 Å². The lowest BCUT2D eigenvalue weighted by Crippen LogP contribution is -2.45. The molecule has 0 spiro atoms. The number of rotatable bonds is 6. The van der Waals surface area contributed by atoms with Crippen molar-refractivity contribution in [2.45, 2.75) is 51.2 Å². The van der Waals surface area contributed by atoms with Gasteiger partial charge < -0.3 is 15.5 Å². The van der Waals surface area contributed by atoms with E-state index < -0.39 is 11.6 Å². The second-order valence-corrected chi connectivity index (χ2v) is 8.03. The van der Waals surface area contributed by atoms with Gasteiger partial charge >= 0.3 is 5.69 Å². The molecule has 4 rings (SSSR count). The van der Waals surface area contributed by atoms with Crippen LogP contribution in [0.1, 0.15) is 31.5 Å². The predicted octanol–water partition coefficient (Wildman–Crippen LogP) is 2.11. The Hall–Kier alpha value is -2.18. The zero-order chi connectivity index (χ0) is 21.8. The summed E-state index contributed by atoms with van der Waals surface area (Å²) in [6, 6.07) is 3.97. The quantitative estimate of drug-likeness (QED) is 0.245. The summed E-state index contributed by atoms with van der Waals surface area (Å²) in [5.41, 5.74) is 0.00610. The number of hydrogen-bond acceptors (Lipinski definition) is 4. The monoisotopic (exact) mass is 561 g/mol. The van der Waals surface area contributed by atoms with Crippen molar-refractivity contribution in [3.63, 3.8) is 0 Å². The number of hydrogen-bond donors (Lipinski definition) is 2. The highest BCUT2D eigenvalue weighted by atomic mass is 127. The highest BCUT2D eigenvalue weighted by molar-refractivity contribution is 14.0. The summed E-state index contributed by atoms with van der Waals surface area (Å²) in [6.45, 7) is 3.01. The van der Waals surface area contributed by atoms with Crippen LogP contribution in [0.2, 0.25) is 0 Å². The molecule has 3 heterocycles. The van der Waals surface area contributed by atoms with Crippen LogP contribution >= 0.6 is 24.0 Å². The number of fused-ring (bicyclic) bond motifs is 1. The van der Waals surface area contributed by atoms with Crippen LogP contribution in [0.25, 0.3) is 0 Å². The van der Waals surface area contributed by atoms with Gasteiger partial charge in [-0.25, -0.2) is 18.3 Å². The number of nitrogens with one attached hydrogen (secondary N) is 2. The number of anilines is 1. The Kier molecular flexibility index (Phi) is 8.49. The van der Waals surface area contributed by atoms with Gasteiger partial charge in [0.1, 0.15) is 23.1 Å². The van der Waals surface area contributed by atoms with E-state index in [1.165, 1.54) is 18.2 Å². The smallest absolute Gasteiger partial charge is 0.345 e. The SMILES string of the molecule is CN=C(NCCCn1nc2n(c1=O)CCCC2)NC1CCN(c2c(F)cccc2F)C1.I. The fraction of sp³-hybridized carbons (Fsp3) is 0.571. The molecule has 2 aliphatic heterocycles. The van der Waals surface area contributed by atoms with Crippen molar-refractivity contribution in [1.82, 2.24) is 25.0 Å². The summed E-state index contributed by atoms with van der Waals surface area (Å²) in [5.74, 6) is 0.440. The average molecular weight is 561 g/mol. The van der Waals surface area contributed by atoms with E-state index >= 15 is 0 Å². The molecule has 2 N–H and O–H groups in total. The van der Waals surface area contributed by atoms with Gasteiger partial charge in [-0.1, -0.05) is 6.07 Å². The van der Waals surface area contributed by atoms with Crippen LogP contribution in [0.4, 0.5) is 14.5 Å². The first-order valence-electron chi connectivity index (χ1n) is 10.9. The maximum absolute atomic E-state index is 14.0. The van der Waals surface area contributed by atoms with Crippen LogP contribution in [0, 0.1) is 11.6 Å². The first kappa shape index (κ1) is 24.5. The lowest BCUT2D eigenvalue weighted by Gasteiger charge is -2.21. The van der Waals surface area contributed by atoms with Gasteiger partial charge in [0.25, 0.3) is 0 Å². The zero-order valence-electron chi connectivity index (χ0n) is 18.2. The molecule has 2 aliphatic rings. The molecule has 0 bridgehead atoms. The summed E-state index contributed by atoms with van der Waals surface area (Å²) in [4.78, 5) is 18.3. The van der Waals surface area contributed by atoms with Crippen LogP contribution in [0.15, 0.2) is 28.0 Å². The molecule has 11 heteroatoms. The van der Waals surface area contributed by atoms with Crippen molar-refractivity contribution in [3.05, 3.63) is 46.1 Å². The molecule has 0 aliphatic carbocycles. The second kappa shape index (κ2) is 11.1. The third-order valence-electron chi connectivity index (χ3n) is 5.88. The van der Waals surface area contributed by atoms with Crippen molar-refractivity contribution in [2.75, 3.05) is 31.6 Å². The molecule has 0 saturated carbocycles. The van der Waals surface area contributed by atoms with Crippen molar-refractivity contribution in [2.24, 2.45) is 4.99 Å². The van der Waals surface area contributed by atoms with E-state index in [0.717, 1.165) is 44.5 Å². The largest absolute Gasteiger partial charge is 0.365 e. The number of benzene rings is 1. The molecule has 1 aromatic carbocycles. The third kappa shape index (κ3) is 5.41. The molecular weight excluding hydrogens is 531 g/mol. The maximum atomic E-state index is 14.0. The van der Waals surface area contributed by atoms with Gasteiger partial charge in [0.15, 0.2) is 5.96 Å². The van der Waals surface area contributed by atoms with Crippen LogP contribution in [-0.4, -0.2) is 53.0 Å². The van der Waals surface area contributed by atoms with E-state index in [1.54, 1.807) is 21.2 Å². The molecule has 176 valence electrons. The van der Waals surface area contributed by atoms with Gasteiger partial charge in [-0.3, -0.25) is 9.56 Å². The minimum atomic E-state index is -0.542. The molecular formula is C21H30F2IN7O. The van der Waals surface area contributed by atoms with E-state index in [0.29, 0.717) is 32.1 Å². The average Bonchev–Trinajstić information content (AvgIpc) is 3.35. The molecule has 0 radical (unpaired) electrons. The summed E-state index contributed by atoms with van der Waals surface area (Å²) in [6.07, 6.45) is 4.47. The Morgan fingerprint density at radius 3 is 2.75 bits per heavy atom. The molecule has 1 atom stereocenters. The third-order valence-corrected chi connectivity index (χ3v) is 5.88. The van der Waals surface area contributed by atoms with E-state index in [1.807, 2.05) is 0 Å². The molecule has 8 nitrogen and oxygen atoms in total. The molecule has 2 aromatic rings. The van der Waals surface area contributed by atoms with Gasteiger partial charge in [0, 0.05) is 52.2 Å². The molecule has 32 heavy (non-hydrogen) atoms. The Balaban J connectivity index is 0.00000289. The van der Waals surface area contributed by atoms with Crippen LogP contribution < -0.4 is 21.2 Å². The van der Waals surface area contributed by atoms with Crippen LogP contribution in [0.5, 0.6) is 0 Å². The van der Waals surface area contributed by atoms with E-state index in [9.17, 15) is 13.6 Å². The summed E-state index contributed by atoms with van der Waals surface area (Å²) < 4.78 is 31.4. The number of para-hydroxylation sites is 1. The molecule has 0 amide bonds. The highest BCUT2D eigenvalue weighted by Gasteiger charge is 2.27. The van der Waals surface area contributed by atoms with Gasteiger partial charge in [-0.05, 0) is 37.8 Å². The van der Waals surface area contributed by atoms with Crippen LogP contribution in [0.3, 0.4) is 0 Å². The number of halogens is 3. The lowest BCUT2D eigenvalue weighted by molar-refractivity contribution is 0.509. The summed E-state index contributed by atoms with van der Waals surface area (Å²) in [5, 5.41) is 11.0. The number of aromatic nitrogens is 3. The number of aliphatic imine (C=N–C) groups is 1. The lowest BCUT2D eigenvalue weighted by atomic mass is 10.2. The van der Waals surface area contributed by atoms with E-state index in [-0.39, 0.29) is 41.4 Å². The van der Waals surface area contributed by atoms with E-state index in [4.69, 9.17) is 0 Å². The first-order chi connectivity index (χ1) is 15.1. The van der Waals surface area contributed by atoms with Gasteiger partial charge in [-0.2, -0.15) is 5.10 Å². The van der Waals surface area contributed by atoms with Crippen molar-refractivity contribution < 1.29 is 8.78 Å². The van der Waals surface area contributed by atoms with Crippen molar-refractivity contribution in [1.29, 1.82) is 0 Å². The minimum Gasteiger partial charge on any atom is -0.365 e. The van der Waals surface area contributed by atoms with Gasteiger partial charge in [0.05, 0.1) is 0 Å². The Morgan fingerprint density at radius 2 is 2.03 bits per heavy atom. The number of nitrogens with zero attached hydrogens (tertiary/aromatic N) is 5. The first-order valence-corrected chi connectivity index (χ1v) is 10.9. The fourth-order valence-corrected chi connectivity index (χ4v) is 4.29. The van der Waals surface area contributed by atoms with Crippen LogP contribution in [-0.2, 0) is 19.5 Å². The van der Waals surface area contributed by atoms with Crippen molar-refractivity contribution in [3.8, 4) is 0 Å². The number of aryl methyl sites for hydroxylation is 2. The molecule has 1 fully saturated rings. The predicted molar refractivity (Wildman–Crippen MR) is 131 cm³/mol. The second-order valence-electron chi connectivity index (χ2n) is 8.03. The standard InChI is InChI=1S/C21H29F2N7O.HI/c1-24-20(25-10-5-12-30-21(31)29-11-3-2-8-18(29)27-30)26-15-9-13-28(14-15)19-16(22)6-4-7-17(19)23;/h4,6-7,15H,2-3,5,8-14H2,1H3,(H2,24,25,26);1H.